The Balaban J connectivity index is 1.54. The average Bonchev–Trinajstić information content (AvgIpc) is 3.57. The Labute approximate surface area is 207 Å². The van der Waals surface area contributed by atoms with Crippen LogP contribution >= 0.6 is 0 Å². The van der Waals surface area contributed by atoms with Gasteiger partial charge in [-0.2, -0.15) is 0 Å². The van der Waals surface area contributed by atoms with Gasteiger partial charge in [0.25, 0.3) is 0 Å². The topological polar surface area (TPSA) is 106 Å². The van der Waals surface area contributed by atoms with Gasteiger partial charge in [0.15, 0.2) is 0 Å². The third-order valence-corrected chi connectivity index (χ3v) is 5.81. The van der Waals surface area contributed by atoms with Gasteiger partial charge in [-0.15, -0.1) is 5.10 Å². The van der Waals surface area contributed by atoms with Gasteiger partial charge in [-0.25, -0.2) is 4.68 Å². The molecule has 0 aliphatic rings. The molecule has 0 aliphatic carbocycles. The molecule has 36 heavy (non-hydrogen) atoms. The molecule has 0 bridgehead atoms. The van der Waals surface area contributed by atoms with Crippen LogP contribution in [0, 0.1) is 6.92 Å². The molecule has 1 N–H and O–H groups in total. The van der Waals surface area contributed by atoms with Gasteiger partial charge in [0.1, 0.15) is 23.9 Å². The maximum absolute atomic E-state index is 13.9. The number of furan rings is 1. The van der Waals surface area contributed by atoms with Gasteiger partial charge in [-0.05, 0) is 49.4 Å². The van der Waals surface area contributed by atoms with Crippen LogP contribution in [0.4, 0.5) is 5.69 Å². The molecule has 5 rings (SSSR count). The number of aromatic nitrogens is 4. The van der Waals surface area contributed by atoms with Crippen molar-refractivity contribution in [1.82, 2.24) is 25.3 Å². The second kappa shape index (κ2) is 10.2. The number of nitrogens with one attached hydrogen (secondary N) is 1. The first kappa shape index (κ1) is 23.0. The van der Waals surface area contributed by atoms with Crippen LogP contribution < -0.4 is 10.2 Å². The number of para-hydroxylation sites is 1. The number of aryl methyl sites for hydroxylation is 1. The molecule has 2 amide bonds. The SMILES string of the molecule is Cc1ccc(N(C(=O)Cn2nnc3ccccc32)[C@H](C(=O)NCc2ccco2)c2cccnc2)cc1. The van der Waals surface area contributed by atoms with Gasteiger partial charge in [-0.1, -0.05) is 41.1 Å². The fraction of sp³-hybridized carbons (Fsp3) is 0.148. The number of carbonyl (C=O) groups excluding carboxylic acids is 2. The van der Waals surface area contributed by atoms with Crippen molar-refractivity contribution in [2.24, 2.45) is 0 Å². The minimum absolute atomic E-state index is 0.101. The van der Waals surface area contributed by atoms with Crippen molar-refractivity contribution in [3.05, 3.63) is 108 Å². The molecule has 0 saturated heterocycles. The molecule has 0 aliphatic heterocycles. The predicted octanol–water partition coefficient (Wildman–Crippen LogP) is 3.82. The number of fused-ring (bicyclic) bond motifs is 1. The van der Waals surface area contributed by atoms with Crippen molar-refractivity contribution in [2.75, 3.05) is 4.90 Å². The van der Waals surface area contributed by atoms with Crippen molar-refractivity contribution < 1.29 is 14.0 Å². The van der Waals surface area contributed by atoms with Crippen molar-refractivity contribution in [3.63, 3.8) is 0 Å². The molecule has 1 atom stereocenters. The van der Waals surface area contributed by atoms with Gasteiger partial charge >= 0.3 is 0 Å². The fourth-order valence-electron chi connectivity index (χ4n) is 4.02. The number of rotatable bonds is 8. The highest BCUT2D eigenvalue weighted by molar-refractivity contribution is 6.01. The monoisotopic (exact) mass is 480 g/mol. The van der Waals surface area contributed by atoms with E-state index in [0.29, 0.717) is 22.5 Å². The van der Waals surface area contributed by atoms with E-state index in [1.807, 2.05) is 55.5 Å². The molecule has 0 radical (unpaired) electrons. The number of anilines is 1. The summed E-state index contributed by atoms with van der Waals surface area (Å²) in [6.07, 6.45) is 4.77. The van der Waals surface area contributed by atoms with Crippen LogP contribution in [0.25, 0.3) is 11.0 Å². The van der Waals surface area contributed by atoms with Gasteiger partial charge in [0.05, 0.1) is 18.3 Å². The highest BCUT2D eigenvalue weighted by Gasteiger charge is 2.33. The summed E-state index contributed by atoms with van der Waals surface area (Å²) in [7, 11) is 0. The second-order valence-corrected chi connectivity index (χ2v) is 8.32. The normalized spacial score (nSPS) is 11.8. The predicted molar refractivity (Wildman–Crippen MR) is 134 cm³/mol. The standard InChI is InChI=1S/C27H24N6O3/c1-19-10-12-21(13-11-19)33(25(34)18-32-24-9-3-2-8-23(24)30-31-32)26(20-6-4-14-28-16-20)27(35)29-17-22-7-5-15-36-22/h2-16,26H,17-18H2,1H3,(H,29,35)/t26-/m0/s1. The first-order chi connectivity index (χ1) is 17.6. The molecule has 0 saturated carbocycles. The van der Waals surface area contributed by atoms with Gasteiger partial charge < -0.3 is 9.73 Å². The third-order valence-electron chi connectivity index (χ3n) is 5.81. The lowest BCUT2D eigenvalue weighted by Gasteiger charge is -2.31. The average molecular weight is 481 g/mol. The van der Waals surface area contributed by atoms with E-state index < -0.39 is 6.04 Å². The fourth-order valence-corrected chi connectivity index (χ4v) is 4.02. The quantitative estimate of drug-likeness (QED) is 0.362. The zero-order valence-corrected chi connectivity index (χ0v) is 19.6. The molecule has 9 nitrogen and oxygen atoms in total. The van der Waals surface area contributed by atoms with Crippen molar-refractivity contribution in [2.45, 2.75) is 26.1 Å². The maximum atomic E-state index is 13.9. The van der Waals surface area contributed by atoms with Crippen molar-refractivity contribution in [3.8, 4) is 0 Å². The lowest BCUT2D eigenvalue weighted by atomic mass is 10.0. The van der Waals surface area contributed by atoms with E-state index in [4.69, 9.17) is 4.42 Å². The van der Waals surface area contributed by atoms with Crippen LogP contribution in [0.5, 0.6) is 0 Å². The maximum Gasteiger partial charge on any atom is 0.249 e. The zero-order valence-electron chi connectivity index (χ0n) is 19.6. The molecule has 2 aromatic carbocycles. The Morgan fingerprint density at radius 2 is 1.86 bits per heavy atom. The smallest absolute Gasteiger partial charge is 0.249 e. The first-order valence-electron chi connectivity index (χ1n) is 11.5. The molecular formula is C27H24N6O3. The molecule has 0 fully saturated rings. The molecule has 0 unspecified atom stereocenters. The second-order valence-electron chi connectivity index (χ2n) is 8.32. The van der Waals surface area contributed by atoms with Crippen LogP contribution in [-0.4, -0.2) is 31.8 Å². The van der Waals surface area contributed by atoms with Gasteiger partial charge in [0.2, 0.25) is 11.8 Å². The summed E-state index contributed by atoms with van der Waals surface area (Å²) in [6.45, 7) is 2.05. The number of hydrogen-bond donors (Lipinski definition) is 1. The zero-order chi connectivity index (χ0) is 24.9. The highest BCUT2D eigenvalue weighted by Crippen LogP contribution is 2.29. The Kier molecular flexibility index (Phi) is 6.53. The van der Waals surface area contributed by atoms with Crippen LogP contribution in [0.2, 0.25) is 0 Å². The van der Waals surface area contributed by atoms with Crippen LogP contribution in [0.3, 0.4) is 0 Å². The Morgan fingerprint density at radius 1 is 1.03 bits per heavy atom. The number of benzene rings is 2. The number of pyridine rings is 1. The summed E-state index contributed by atoms with van der Waals surface area (Å²) in [6, 6.07) is 21.0. The summed E-state index contributed by atoms with van der Waals surface area (Å²) in [5.41, 5.74) is 3.61. The summed E-state index contributed by atoms with van der Waals surface area (Å²) in [5.74, 6) is -0.0798. The van der Waals surface area contributed by atoms with Crippen LogP contribution in [-0.2, 0) is 22.7 Å². The Morgan fingerprint density at radius 3 is 2.61 bits per heavy atom. The summed E-state index contributed by atoms with van der Waals surface area (Å²) in [5, 5.41) is 11.2. The minimum atomic E-state index is -0.973. The number of amides is 2. The van der Waals surface area contributed by atoms with E-state index in [9.17, 15) is 9.59 Å². The molecule has 5 aromatic rings. The molecule has 3 aromatic heterocycles. The Hall–Kier alpha value is -4.79. The van der Waals surface area contributed by atoms with Gasteiger partial charge in [-0.3, -0.25) is 19.5 Å². The van der Waals surface area contributed by atoms with Crippen LogP contribution in [0.1, 0.15) is 22.9 Å². The Bertz CT molecular complexity index is 1460. The van der Waals surface area contributed by atoms with Crippen molar-refractivity contribution in [1.29, 1.82) is 0 Å². The largest absolute Gasteiger partial charge is 0.467 e. The van der Waals surface area contributed by atoms with E-state index in [2.05, 4.69) is 20.6 Å². The van der Waals surface area contributed by atoms with E-state index >= 15 is 0 Å². The minimum Gasteiger partial charge on any atom is -0.467 e. The molecule has 0 spiro atoms. The lowest BCUT2D eigenvalue weighted by molar-refractivity contribution is -0.127. The summed E-state index contributed by atoms with van der Waals surface area (Å²) >= 11 is 0. The van der Waals surface area contributed by atoms with Gasteiger partial charge in [0, 0.05) is 23.6 Å². The van der Waals surface area contributed by atoms with E-state index in [0.717, 1.165) is 11.1 Å². The lowest BCUT2D eigenvalue weighted by Crippen LogP contribution is -2.45. The molecule has 9 heteroatoms. The molecular weight excluding hydrogens is 456 g/mol. The summed E-state index contributed by atoms with van der Waals surface area (Å²) in [4.78, 5) is 33.2. The number of nitrogens with zero attached hydrogens (tertiary/aromatic N) is 5. The number of carbonyl (C=O) groups is 2. The third kappa shape index (κ3) is 4.85. The van der Waals surface area contributed by atoms with E-state index in [-0.39, 0.29) is 24.9 Å². The highest BCUT2D eigenvalue weighted by atomic mass is 16.3. The number of hydrogen-bond acceptors (Lipinski definition) is 6. The molecule has 180 valence electrons. The van der Waals surface area contributed by atoms with Crippen molar-refractivity contribution >= 4 is 28.5 Å². The van der Waals surface area contributed by atoms with Crippen LogP contribution in [0.15, 0.2) is 95.9 Å². The van der Waals surface area contributed by atoms with E-state index in [1.54, 1.807) is 47.6 Å². The summed E-state index contributed by atoms with van der Waals surface area (Å²) < 4.78 is 6.90. The van der Waals surface area contributed by atoms with E-state index in [1.165, 1.54) is 4.90 Å². The molecule has 3 heterocycles. The first-order valence-corrected chi connectivity index (χ1v) is 11.5.